The summed E-state index contributed by atoms with van der Waals surface area (Å²) in [6, 6.07) is 23.4. The van der Waals surface area contributed by atoms with Crippen molar-refractivity contribution in [3.05, 3.63) is 102 Å². The number of phenolic OH excluding ortho intramolecular Hbond substituents is 1. The highest BCUT2D eigenvalue weighted by Gasteiger charge is 2.24. The second kappa shape index (κ2) is 11.3. The summed E-state index contributed by atoms with van der Waals surface area (Å²) in [5.74, 6) is 0.786. The number of H-pyrrole nitrogens is 1. The Kier molecular flexibility index (Phi) is 7.74. The Balaban J connectivity index is 1.47. The van der Waals surface area contributed by atoms with Gasteiger partial charge in [-0.25, -0.2) is 5.43 Å². The molecule has 1 heterocycles. The number of hydrogen-bond acceptors (Lipinski definition) is 5. The Morgan fingerprint density at radius 3 is 2.66 bits per heavy atom. The lowest BCUT2D eigenvalue weighted by molar-refractivity contribution is -0.625. The van der Waals surface area contributed by atoms with Crippen LogP contribution in [0, 0.1) is 6.92 Å². The third-order valence-corrected chi connectivity index (χ3v) is 6.19. The number of nitrogens with zero attached hydrogens (tertiary/aromatic N) is 3. The van der Waals surface area contributed by atoms with E-state index in [1.54, 1.807) is 12.1 Å². The quantitative estimate of drug-likeness (QED) is 0.108. The number of aromatic hydroxyl groups is 1. The number of amides is 1. The number of aryl methyl sites for hydroxylation is 1. The van der Waals surface area contributed by atoms with Gasteiger partial charge in [-0.1, -0.05) is 54.1 Å². The van der Waals surface area contributed by atoms with Crippen LogP contribution in [0.1, 0.15) is 16.7 Å². The van der Waals surface area contributed by atoms with Crippen molar-refractivity contribution in [1.29, 1.82) is 0 Å². The molecule has 0 aliphatic carbocycles. The van der Waals surface area contributed by atoms with Gasteiger partial charge in [0.2, 0.25) is 0 Å². The fourth-order valence-electron chi connectivity index (χ4n) is 3.49. The van der Waals surface area contributed by atoms with E-state index in [0.29, 0.717) is 17.1 Å². The van der Waals surface area contributed by atoms with E-state index in [9.17, 15) is 9.90 Å². The van der Waals surface area contributed by atoms with Crippen molar-refractivity contribution in [2.75, 3.05) is 5.75 Å². The number of nitrogens with one attached hydrogen (secondary N) is 2. The van der Waals surface area contributed by atoms with Gasteiger partial charge in [-0.2, -0.15) is 9.67 Å². The van der Waals surface area contributed by atoms with Crippen LogP contribution in [0.15, 0.2) is 95.7 Å². The number of rotatable bonds is 9. The normalized spacial score (nSPS) is 11.0. The van der Waals surface area contributed by atoms with Crippen LogP contribution in [-0.2, 0) is 11.2 Å². The van der Waals surface area contributed by atoms with Crippen molar-refractivity contribution < 1.29 is 14.5 Å². The molecule has 1 aromatic heterocycles. The van der Waals surface area contributed by atoms with Crippen molar-refractivity contribution in [1.82, 2.24) is 15.6 Å². The van der Waals surface area contributed by atoms with E-state index in [1.165, 1.54) is 23.5 Å². The summed E-state index contributed by atoms with van der Waals surface area (Å²) in [5, 5.41) is 22.6. The van der Waals surface area contributed by atoms with Crippen molar-refractivity contribution >= 4 is 23.9 Å². The third-order valence-electron chi connectivity index (χ3n) is 5.25. The lowest BCUT2D eigenvalue weighted by Gasteiger charge is -2.05. The van der Waals surface area contributed by atoms with E-state index in [-0.39, 0.29) is 17.4 Å². The second-order valence-electron chi connectivity index (χ2n) is 7.82. The van der Waals surface area contributed by atoms with Crippen LogP contribution in [-0.4, -0.2) is 33.2 Å². The third kappa shape index (κ3) is 5.85. The molecule has 4 aromatic rings. The summed E-state index contributed by atoms with van der Waals surface area (Å²) in [4.78, 5) is 12.5. The molecule has 176 valence electrons. The zero-order valence-electron chi connectivity index (χ0n) is 19.3. The molecule has 4 rings (SSSR count). The molecule has 0 bridgehead atoms. The van der Waals surface area contributed by atoms with Crippen LogP contribution in [0.3, 0.4) is 0 Å². The smallest absolute Gasteiger partial charge is 0.342 e. The van der Waals surface area contributed by atoms with Crippen LogP contribution >= 0.6 is 11.8 Å². The first kappa shape index (κ1) is 24.0. The Labute approximate surface area is 208 Å². The molecule has 1 amide bonds. The molecule has 0 aliphatic rings. The van der Waals surface area contributed by atoms with Crippen LogP contribution < -0.4 is 9.99 Å². The molecule has 0 saturated heterocycles. The van der Waals surface area contributed by atoms with Crippen LogP contribution in [0.5, 0.6) is 5.75 Å². The predicted octanol–water partition coefficient (Wildman–Crippen LogP) is 4.34. The molecule has 35 heavy (non-hydrogen) atoms. The molecule has 0 unspecified atom stereocenters. The fraction of sp³-hybridized carbons (Fsp3) is 0.111. The molecule has 0 saturated carbocycles. The molecule has 0 radical (unpaired) electrons. The SMILES string of the molecule is C=CCc1cccc(/C=N/NC(=O)CSc2n[nH]c(-c3ccc(C)cc3)[n+]2-c2ccccc2)c1O. The first-order chi connectivity index (χ1) is 17.1. The molecule has 0 spiro atoms. The van der Waals surface area contributed by atoms with Crippen LogP contribution in [0.25, 0.3) is 17.1 Å². The lowest BCUT2D eigenvalue weighted by Crippen LogP contribution is -2.34. The van der Waals surface area contributed by atoms with Gasteiger partial charge in [-0.15, -0.1) is 11.7 Å². The maximum atomic E-state index is 12.5. The number of carbonyl (C=O) groups excluding carboxylic acids is 1. The first-order valence-electron chi connectivity index (χ1n) is 11.1. The molecule has 8 heteroatoms. The number of allylic oxidation sites excluding steroid dienone is 1. The predicted molar refractivity (Wildman–Crippen MR) is 139 cm³/mol. The minimum Gasteiger partial charge on any atom is -0.507 e. The Morgan fingerprint density at radius 1 is 1.14 bits per heavy atom. The summed E-state index contributed by atoms with van der Waals surface area (Å²) >= 11 is 1.30. The number of hydrogen-bond donors (Lipinski definition) is 3. The molecule has 3 aromatic carbocycles. The molecule has 3 N–H and O–H groups in total. The summed E-state index contributed by atoms with van der Waals surface area (Å²) in [5.41, 5.74) is 6.89. The second-order valence-corrected chi connectivity index (χ2v) is 8.76. The van der Waals surface area contributed by atoms with Crippen molar-refractivity contribution in [2.24, 2.45) is 5.10 Å². The monoisotopic (exact) mass is 484 g/mol. The minimum atomic E-state index is -0.285. The molecular formula is C27H26N5O2S+. The van der Waals surface area contributed by atoms with Gasteiger partial charge in [-0.05, 0) is 61.0 Å². The average molecular weight is 485 g/mol. The van der Waals surface area contributed by atoms with E-state index in [4.69, 9.17) is 0 Å². The van der Waals surface area contributed by atoms with Gasteiger partial charge in [0, 0.05) is 5.56 Å². The summed E-state index contributed by atoms with van der Waals surface area (Å²) in [6.07, 6.45) is 3.70. The highest BCUT2D eigenvalue weighted by atomic mass is 32.2. The van der Waals surface area contributed by atoms with E-state index in [0.717, 1.165) is 22.6 Å². The van der Waals surface area contributed by atoms with Gasteiger partial charge < -0.3 is 5.11 Å². The molecule has 0 aliphatic heterocycles. The van der Waals surface area contributed by atoms with Gasteiger partial charge in [-0.3, -0.25) is 4.79 Å². The molecule has 7 nitrogen and oxygen atoms in total. The summed E-state index contributed by atoms with van der Waals surface area (Å²) < 4.78 is 2.00. The standard InChI is InChI=1S/C27H25N5O2S/c1-3-8-20-9-7-10-22(25(20)34)17-28-29-24(33)18-35-27-31-30-26(21-15-13-19(2)14-16-21)32(27)23-11-5-4-6-12-23/h3-7,9-17H,1,8,18H2,2H3,(H2,28,29,33,34)/p+1. The number of para-hydroxylation sites is 2. The average Bonchev–Trinajstić information content (AvgIpc) is 3.30. The van der Waals surface area contributed by atoms with Gasteiger partial charge in [0.05, 0.1) is 22.6 Å². The number of aromatic amines is 1. The maximum absolute atomic E-state index is 12.5. The van der Waals surface area contributed by atoms with Gasteiger partial charge >= 0.3 is 5.16 Å². The van der Waals surface area contributed by atoms with Crippen molar-refractivity contribution in [3.63, 3.8) is 0 Å². The topological polar surface area (TPSA) is 94.2 Å². The Bertz CT molecular complexity index is 1350. The summed E-state index contributed by atoms with van der Waals surface area (Å²) in [7, 11) is 0. The van der Waals surface area contributed by atoms with Crippen LogP contribution in [0.4, 0.5) is 0 Å². The molecule has 0 atom stereocenters. The van der Waals surface area contributed by atoms with Crippen molar-refractivity contribution in [2.45, 2.75) is 18.5 Å². The number of benzene rings is 3. The number of thioether (sulfide) groups is 1. The Morgan fingerprint density at radius 2 is 1.91 bits per heavy atom. The number of aromatic nitrogens is 3. The van der Waals surface area contributed by atoms with Crippen LogP contribution in [0.2, 0.25) is 0 Å². The van der Waals surface area contributed by atoms with Gasteiger partial charge in [0.25, 0.3) is 11.7 Å². The largest absolute Gasteiger partial charge is 0.507 e. The van der Waals surface area contributed by atoms with E-state index >= 15 is 0 Å². The van der Waals surface area contributed by atoms with E-state index in [1.807, 2.05) is 66.1 Å². The van der Waals surface area contributed by atoms with Gasteiger partial charge in [0.15, 0.2) is 0 Å². The van der Waals surface area contributed by atoms with E-state index in [2.05, 4.69) is 39.4 Å². The molecular weight excluding hydrogens is 458 g/mol. The zero-order chi connectivity index (χ0) is 24.6. The van der Waals surface area contributed by atoms with Gasteiger partial charge in [0.1, 0.15) is 11.4 Å². The number of carbonyl (C=O) groups is 1. The highest BCUT2D eigenvalue weighted by molar-refractivity contribution is 7.99. The number of phenols is 1. The van der Waals surface area contributed by atoms with E-state index < -0.39 is 0 Å². The zero-order valence-corrected chi connectivity index (χ0v) is 20.1. The van der Waals surface area contributed by atoms with Crippen molar-refractivity contribution in [3.8, 4) is 22.8 Å². The first-order valence-corrected chi connectivity index (χ1v) is 12.0. The highest BCUT2D eigenvalue weighted by Crippen LogP contribution is 2.22. The summed E-state index contributed by atoms with van der Waals surface area (Å²) in [6.45, 7) is 5.74. The lowest BCUT2D eigenvalue weighted by atomic mass is 10.1. The molecule has 0 fully saturated rings. The maximum Gasteiger partial charge on any atom is 0.342 e. The minimum absolute atomic E-state index is 0.116. The Hall–Kier alpha value is -4.17. The fourth-order valence-corrected chi connectivity index (χ4v) is 4.25. The number of hydrazone groups is 1.